The molecule has 3 nitrogen and oxygen atoms in total. The molecular weight excluding hydrogens is 284 g/mol. The summed E-state index contributed by atoms with van der Waals surface area (Å²) in [5, 5.41) is 4.04. The minimum absolute atomic E-state index is 0.136. The van der Waals surface area contributed by atoms with Crippen molar-refractivity contribution in [2.24, 2.45) is 5.41 Å². The van der Waals surface area contributed by atoms with Crippen molar-refractivity contribution in [2.75, 3.05) is 19.6 Å². The molecule has 1 saturated carbocycles. The molecule has 21 heavy (non-hydrogen) atoms. The largest absolute Gasteiger partial charge is 0.334 e. The van der Waals surface area contributed by atoms with E-state index in [1.165, 1.54) is 12.8 Å². The van der Waals surface area contributed by atoms with E-state index in [9.17, 15) is 4.79 Å². The monoisotopic (exact) mass is 306 g/mol. The lowest BCUT2D eigenvalue weighted by Crippen LogP contribution is -2.44. The number of carbonyl (C=O) groups is 1. The highest BCUT2D eigenvalue weighted by Gasteiger charge is 2.42. The lowest BCUT2D eigenvalue weighted by Gasteiger charge is -2.32. The van der Waals surface area contributed by atoms with Gasteiger partial charge in [0, 0.05) is 29.7 Å². The molecule has 1 amide bonds. The molecule has 2 fully saturated rings. The molecule has 1 N–H and O–H groups in total. The second-order valence-corrected chi connectivity index (χ2v) is 7.21. The number of benzene rings is 1. The van der Waals surface area contributed by atoms with E-state index in [0.717, 1.165) is 37.2 Å². The highest BCUT2D eigenvalue weighted by Crippen LogP contribution is 2.46. The molecule has 1 heterocycles. The minimum Gasteiger partial charge on any atom is -0.334 e. The quantitative estimate of drug-likeness (QED) is 0.926. The van der Waals surface area contributed by atoms with Crippen molar-refractivity contribution in [2.45, 2.75) is 39.2 Å². The number of amides is 1. The zero-order valence-corrected chi connectivity index (χ0v) is 13.5. The summed E-state index contributed by atoms with van der Waals surface area (Å²) in [6.07, 6.45) is 3.50. The van der Waals surface area contributed by atoms with E-state index in [1.54, 1.807) is 0 Å². The summed E-state index contributed by atoms with van der Waals surface area (Å²) < 4.78 is 0. The third-order valence-electron chi connectivity index (χ3n) is 4.89. The molecule has 1 saturated heterocycles. The molecule has 0 spiro atoms. The molecule has 1 aliphatic heterocycles. The Labute approximate surface area is 131 Å². The Balaban J connectivity index is 1.87. The van der Waals surface area contributed by atoms with Crippen molar-refractivity contribution in [1.29, 1.82) is 0 Å². The fourth-order valence-electron chi connectivity index (χ4n) is 3.05. The maximum absolute atomic E-state index is 13.0. The predicted molar refractivity (Wildman–Crippen MR) is 85.8 cm³/mol. The molecule has 1 aromatic carbocycles. The van der Waals surface area contributed by atoms with Gasteiger partial charge in [0.1, 0.15) is 0 Å². The van der Waals surface area contributed by atoms with Crippen molar-refractivity contribution >= 4 is 17.5 Å². The Bertz CT molecular complexity index is 548. The fourth-order valence-corrected chi connectivity index (χ4v) is 3.22. The van der Waals surface area contributed by atoms with Crippen LogP contribution in [0.25, 0.3) is 0 Å². The fraction of sp³-hybridized carbons (Fsp3) is 0.588. The number of nitrogens with zero attached hydrogens (tertiary/aromatic N) is 1. The van der Waals surface area contributed by atoms with Gasteiger partial charge >= 0.3 is 0 Å². The van der Waals surface area contributed by atoms with Crippen molar-refractivity contribution in [3.05, 3.63) is 34.3 Å². The average molecular weight is 307 g/mol. The Hall–Kier alpha value is -1.06. The van der Waals surface area contributed by atoms with E-state index >= 15 is 0 Å². The molecule has 1 atom stereocenters. The van der Waals surface area contributed by atoms with Crippen LogP contribution in [0.15, 0.2) is 18.2 Å². The Kier molecular flexibility index (Phi) is 3.98. The third-order valence-corrected chi connectivity index (χ3v) is 5.30. The van der Waals surface area contributed by atoms with Gasteiger partial charge in [-0.3, -0.25) is 4.79 Å². The number of rotatable bonds is 4. The second-order valence-electron chi connectivity index (χ2n) is 6.80. The first-order valence-electron chi connectivity index (χ1n) is 7.77. The lowest BCUT2D eigenvalue weighted by atomic mass is 10.0. The molecule has 0 bridgehead atoms. The van der Waals surface area contributed by atoms with Crippen molar-refractivity contribution in [1.82, 2.24) is 10.2 Å². The van der Waals surface area contributed by atoms with E-state index in [0.29, 0.717) is 16.5 Å². The van der Waals surface area contributed by atoms with E-state index in [4.69, 9.17) is 11.6 Å². The summed E-state index contributed by atoms with van der Waals surface area (Å²) >= 11 is 6.18. The van der Waals surface area contributed by atoms with Crippen LogP contribution in [0.4, 0.5) is 0 Å². The molecule has 0 aromatic heterocycles. The maximum Gasteiger partial charge on any atom is 0.254 e. The number of hydrogen-bond donors (Lipinski definition) is 1. The number of halogens is 1. The SMILES string of the molecule is Cc1c(Cl)cccc1C(=O)N(CC1(C)CC1)[C@H]1CCNC1. The topological polar surface area (TPSA) is 32.3 Å². The van der Waals surface area contributed by atoms with Crippen LogP contribution >= 0.6 is 11.6 Å². The summed E-state index contributed by atoms with van der Waals surface area (Å²) in [7, 11) is 0. The van der Waals surface area contributed by atoms with Crippen LogP contribution in [0.3, 0.4) is 0 Å². The molecule has 114 valence electrons. The zero-order valence-electron chi connectivity index (χ0n) is 12.8. The summed E-state index contributed by atoms with van der Waals surface area (Å²) in [5.74, 6) is 0.136. The minimum atomic E-state index is 0.136. The van der Waals surface area contributed by atoms with Gasteiger partial charge in [-0.15, -0.1) is 0 Å². The van der Waals surface area contributed by atoms with Crippen LogP contribution in [0.1, 0.15) is 42.1 Å². The first-order chi connectivity index (χ1) is 10.0. The molecular formula is C17H23ClN2O. The molecule has 2 aliphatic rings. The number of nitrogens with one attached hydrogen (secondary N) is 1. The highest BCUT2D eigenvalue weighted by molar-refractivity contribution is 6.31. The van der Waals surface area contributed by atoms with E-state index in [-0.39, 0.29) is 5.91 Å². The van der Waals surface area contributed by atoms with Gasteiger partial charge in [0.15, 0.2) is 0 Å². The van der Waals surface area contributed by atoms with Crippen molar-refractivity contribution in [3.63, 3.8) is 0 Å². The van der Waals surface area contributed by atoms with Crippen LogP contribution in [0.5, 0.6) is 0 Å². The predicted octanol–water partition coefficient (Wildman–Crippen LogP) is 3.25. The van der Waals surface area contributed by atoms with Crippen LogP contribution in [-0.2, 0) is 0 Å². The summed E-state index contributed by atoms with van der Waals surface area (Å²) in [6.45, 7) is 6.98. The smallest absolute Gasteiger partial charge is 0.254 e. The average Bonchev–Trinajstić information content (AvgIpc) is 2.97. The van der Waals surface area contributed by atoms with Crippen molar-refractivity contribution < 1.29 is 4.79 Å². The van der Waals surface area contributed by atoms with Crippen LogP contribution in [0.2, 0.25) is 5.02 Å². The van der Waals surface area contributed by atoms with E-state index < -0.39 is 0 Å². The summed E-state index contributed by atoms with van der Waals surface area (Å²) in [6, 6.07) is 5.92. The summed E-state index contributed by atoms with van der Waals surface area (Å²) in [5.41, 5.74) is 1.96. The Morgan fingerprint density at radius 2 is 2.24 bits per heavy atom. The summed E-state index contributed by atoms with van der Waals surface area (Å²) in [4.78, 5) is 15.1. The van der Waals surface area contributed by atoms with Gasteiger partial charge in [-0.2, -0.15) is 0 Å². The molecule has 0 radical (unpaired) electrons. The molecule has 1 aromatic rings. The normalized spacial score (nSPS) is 23.1. The third kappa shape index (κ3) is 3.09. The lowest BCUT2D eigenvalue weighted by molar-refractivity contribution is 0.0650. The molecule has 3 rings (SSSR count). The van der Waals surface area contributed by atoms with Gasteiger partial charge in [-0.05, 0) is 55.8 Å². The van der Waals surface area contributed by atoms with Gasteiger partial charge < -0.3 is 10.2 Å². The Morgan fingerprint density at radius 3 is 2.86 bits per heavy atom. The van der Waals surface area contributed by atoms with Crippen LogP contribution in [0, 0.1) is 12.3 Å². The first-order valence-corrected chi connectivity index (χ1v) is 8.15. The van der Waals surface area contributed by atoms with E-state index in [2.05, 4.69) is 17.1 Å². The highest BCUT2D eigenvalue weighted by atomic mass is 35.5. The molecule has 0 unspecified atom stereocenters. The number of carbonyl (C=O) groups excluding carboxylic acids is 1. The Morgan fingerprint density at radius 1 is 1.48 bits per heavy atom. The van der Waals surface area contributed by atoms with Crippen LogP contribution < -0.4 is 5.32 Å². The van der Waals surface area contributed by atoms with Gasteiger partial charge in [0.25, 0.3) is 5.91 Å². The molecule has 4 heteroatoms. The van der Waals surface area contributed by atoms with E-state index in [1.807, 2.05) is 25.1 Å². The maximum atomic E-state index is 13.0. The standard InChI is InChI=1S/C17H23ClN2O/c1-12-14(4-3-5-15(12)18)16(21)20(11-17(2)7-8-17)13-6-9-19-10-13/h3-5,13,19H,6-11H2,1-2H3/t13-/m0/s1. The van der Waals surface area contributed by atoms with Gasteiger partial charge in [0.2, 0.25) is 0 Å². The van der Waals surface area contributed by atoms with Crippen molar-refractivity contribution in [3.8, 4) is 0 Å². The second kappa shape index (κ2) is 5.62. The van der Waals surface area contributed by atoms with Gasteiger partial charge in [0.05, 0.1) is 0 Å². The van der Waals surface area contributed by atoms with Gasteiger partial charge in [-0.1, -0.05) is 24.6 Å². The zero-order chi connectivity index (χ0) is 15.0. The van der Waals surface area contributed by atoms with Gasteiger partial charge in [-0.25, -0.2) is 0 Å². The number of hydrogen-bond acceptors (Lipinski definition) is 2. The van der Waals surface area contributed by atoms with Crippen LogP contribution in [-0.4, -0.2) is 36.5 Å². The first kappa shape index (κ1) is 14.9. The molecule has 1 aliphatic carbocycles.